The van der Waals surface area contributed by atoms with Gasteiger partial charge in [0.1, 0.15) is 11.0 Å². The number of carboxylic acids is 1. The van der Waals surface area contributed by atoms with Gasteiger partial charge in [-0.15, -0.1) is 5.10 Å². The number of benzene rings is 1. The van der Waals surface area contributed by atoms with Gasteiger partial charge in [0.25, 0.3) is 0 Å². The van der Waals surface area contributed by atoms with E-state index in [-0.39, 0.29) is 17.5 Å². The Kier molecular flexibility index (Phi) is 5.56. The number of halogens is 1. The predicted octanol–water partition coefficient (Wildman–Crippen LogP) is 1.85. The van der Waals surface area contributed by atoms with Crippen molar-refractivity contribution < 1.29 is 19.4 Å². The molecular formula is C13H12BrN3O4S. The maximum absolute atomic E-state index is 11.5. The average molecular weight is 386 g/mol. The fraction of sp³-hybridized carbons (Fsp3) is 0.231. The van der Waals surface area contributed by atoms with Crippen LogP contribution >= 0.6 is 27.7 Å². The van der Waals surface area contributed by atoms with Crippen LogP contribution in [0.25, 0.3) is 0 Å². The number of methoxy groups -OCH3 is 1. The number of amidine groups is 1. The second-order valence-electron chi connectivity index (χ2n) is 4.23. The Morgan fingerprint density at radius 1 is 1.59 bits per heavy atom. The lowest BCUT2D eigenvalue weighted by atomic mass is 10.2. The SMILES string of the molecule is COc1ccc(Br)cc1/C=N\N=C1\NC(=O)[C@H](CC(=O)O)S1. The standard InChI is InChI=1S/C13H12BrN3O4S/c1-21-9-3-2-8(14)4-7(9)6-15-17-13-16-12(20)10(22-13)5-11(18)19/h2-4,6,10H,5H2,1H3,(H,18,19)(H,16,17,20)/b15-6-/t10-/m0/s1. The zero-order valence-electron chi connectivity index (χ0n) is 11.4. The minimum Gasteiger partial charge on any atom is -0.496 e. The molecule has 0 aromatic heterocycles. The minimum absolute atomic E-state index is 0.251. The molecule has 2 rings (SSSR count). The summed E-state index contributed by atoms with van der Waals surface area (Å²) in [7, 11) is 1.55. The van der Waals surface area contributed by atoms with Gasteiger partial charge in [0.2, 0.25) is 5.91 Å². The molecule has 0 bridgehead atoms. The fourth-order valence-electron chi connectivity index (χ4n) is 1.69. The Morgan fingerprint density at radius 3 is 3.05 bits per heavy atom. The Morgan fingerprint density at radius 2 is 2.36 bits per heavy atom. The third-order valence-corrected chi connectivity index (χ3v) is 4.24. The summed E-state index contributed by atoms with van der Waals surface area (Å²) < 4.78 is 6.07. The van der Waals surface area contributed by atoms with Crippen molar-refractivity contribution in [1.29, 1.82) is 0 Å². The van der Waals surface area contributed by atoms with Crippen LogP contribution < -0.4 is 10.1 Å². The number of ether oxygens (including phenoxy) is 1. The molecule has 1 aromatic rings. The summed E-state index contributed by atoms with van der Waals surface area (Å²) in [6.45, 7) is 0. The van der Waals surface area contributed by atoms with Gasteiger partial charge in [-0.3, -0.25) is 9.59 Å². The van der Waals surface area contributed by atoms with Crippen LogP contribution in [0.4, 0.5) is 0 Å². The predicted molar refractivity (Wildman–Crippen MR) is 87.5 cm³/mol. The summed E-state index contributed by atoms with van der Waals surface area (Å²) in [4.78, 5) is 22.2. The smallest absolute Gasteiger partial charge is 0.305 e. The molecule has 0 spiro atoms. The number of thioether (sulfide) groups is 1. The zero-order valence-corrected chi connectivity index (χ0v) is 13.8. The number of rotatable bonds is 5. The Bertz CT molecular complexity index is 663. The number of nitrogens with one attached hydrogen (secondary N) is 1. The van der Waals surface area contributed by atoms with E-state index in [2.05, 4.69) is 31.4 Å². The molecular weight excluding hydrogens is 374 g/mol. The lowest BCUT2D eigenvalue weighted by Gasteiger charge is -2.03. The van der Waals surface area contributed by atoms with Crippen molar-refractivity contribution in [2.45, 2.75) is 11.7 Å². The number of hydrogen-bond acceptors (Lipinski definition) is 6. The van der Waals surface area contributed by atoms with Crippen LogP contribution in [0.15, 0.2) is 32.9 Å². The van der Waals surface area contributed by atoms with E-state index in [1.54, 1.807) is 13.2 Å². The van der Waals surface area contributed by atoms with Crippen LogP contribution in [0.3, 0.4) is 0 Å². The van der Waals surface area contributed by atoms with Crippen molar-refractivity contribution in [2.24, 2.45) is 10.2 Å². The maximum atomic E-state index is 11.5. The monoisotopic (exact) mass is 385 g/mol. The second kappa shape index (κ2) is 7.41. The van der Waals surface area contributed by atoms with E-state index in [4.69, 9.17) is 9.84 Å². The Hall–Kier alpha value is -1.87. The molecule has 1 atom stereocenters. The molecule has 2 N–H and O–H groups in total. The molecule has 9 heteroatoms. The van der Waals surface area contributed by atoms with E-state index >= 15 is 0 Å². The highest BCUT2D eigenvalue weighted by molar-refractivity contribution is 9.10. The molecule has 0 aliphatic carbocycles. The highest BCUT2D eigenvalue weighted by Crippen LogP contribution is 2.23. The van der Waals surface area contributed by atoms with Crippen molar-refractivity contribution >= 4 is 51.0 Å². The maximum Gasteiger partial charge on any atom is 0.305 e. The summed E-state index contributed by atoms with van der Waals surface area (Å²) >= 11 is 4.40. The first kappa shape index (κ1) is 16.5. The summed E-state index contributed by atoms with van der Waals surface area (Å²) in [6, 6.07) is 5.44. The van der Waals surface area contributed by atoms with E-state index in [1.165, 1.54) is 6.21 Å². The molecule has 1 heterocycles. The van der Waals surface area contributed by atoms with Crippen LogP contribution in [0.1, 0.15) is 12.0 Å². The summed E-state index contributed by atoms with van der Waals surface area (Å²) in [6.07, 6.45) is 1.24. The molecule has 7 nitrogen and oxygen atoms in total. The van der Waals surface area contributed by atoms with Crippen molar-refractivity contribution in [3.63, 3.8) is 0 Å². The Labute approximate surface area is 139 Å². The highest BCUT2D eigenvalue weighted by Gasteiger charge is 2.32. The molecule has 116 valence electrons. The van der Waals surface area contributed by atoms with Gasteiger partial charge < -0.3 is 15.2 Å². The van der Waals surface area contributed by atoms with Crippen molar-refractivity contribution in [1.82, 2.24) is 5.32 Å². The number of nitrogens with zero attached hydrogens (tertiary/aromatic N) is 2. The molecule has 1 aromatic carbocycles. The topological polar surface area (TPSA) is 100 Å². The molecule has 1 aliphatic rings. The van der Waals surface area contributed by atoms with E-state index < -0.39 is 11.2 Å². The molecule has 0 saturated carbocycles. The Balaban J connectivity index is 2.07. The number of hydrogen-bond donors (Lipinski definition) is 2. The van der Waals surface area contributed by atoms with Crippen molar-refractivity contribution in [3.8, 4) is 5.75 Å². The molecule has 0 radical (unpaired) electrons. The van der Waals surface area contributed by atoms with Crippen LogP contribution in [-0.4, -0.2) is 40.7 Å². The lowest BCUT2D eigenvalue weighted by molar-refractivity contribution is -0.138. The van der Waals surface area contributed by atoms with Gasteiger partial charge in [-0.2, -0.15) is 5.10 Å². The van der Waals surface area contributed by atoms with Gasteiger partial charge in [-0.1, -0.05) is 27.7 Å². The van der Waals surface area contributed by atoms with E-state index in [0.717, 1.165) is 21.8 Å². The quantitative estimate of drug-likeness (QED) is 0.594. The first-order valence-corrected chi connectivity index (χ1v) is 7.80. The van der Waals surface area contributed by atoms with Gasteiger partial charge in [-0.25, -0.2) is 0 Å². The first-order valence-electron chi connectivity index (χ1n) is 6.13. The normalized spacial score (nSPS) is 19.6. The number of carbonyl (C=O) groups excluding carboxylic acids is 1. The molecule has 1 saturated heterocycles. The number of aliphatic carboxylic acids is 1. The van der Waals surface area contributed by atoms with Crippen LogP contribution in [-0.2, 0) is 9.59 Å². The summed E-state index contributed by atoms with van der Waals surface area (Å²) in [5.41, 5.74) is 0.720. The van der Waals surface area contributed by atoms with Crippen LogP contribution in [0.5, 0.6) is 5.75 Å². The molecule has 1 amide bonds. The minimum atomic E-state index is -1.03. The van der Waals surface area contributed by atoms with Gasteiger partial charge in [0, 0.05) is 10.0 Å². The van der Waals surface area contributed by atoms with Gasteiger partial charge in [-0.05, 0) is 18.2 Å². The number of carboxylic acid groups (broad SMARTS) is 1. The molecule has 1 aliphatic heterocycles. The van der Waals surface area contributed by atoms with E-state index in [9.17, 15) is 9.59 Å². The van der Waals surface area contributed by atoms with E-state index in [0.29, 0.717) is 5.75 Å². The number of amides is 1. The second-order valence-corrected chi connectivity index (χ2v) is 6.34. The zero-order chi connectivity index (χ0) is 16.1. The third-order valence-electron chi connectivity index (χ3n) is 2.67. The largest absolute Gasteiger partial charge is 0.496 e. The summed E-state index contributed by atoms with van der Waals surface area (Å²) in [5, 5.41) is 18.6. The average Bonchev–Trinajstić information content (AvgIpc) is 2.78. The highest BCUT2D eigenvalue weighted by atomic mass is 79.9. The van der Waals surface area contributed by atoms with E-state index in [1.807, 2.05) is 12.1 Å². The fourth-order valence-corrected chi connectivity index (χ4v) is 2.99. The third kappa shape index (κ3) is 4.31. The van der Waals surface area contributed by atoms with Gasteiger partial charge in [0.05, 0.1) is 19.7 Å². The van der Waals surface area contributed by atoms with Gasteiger partial charge in [0.15, 0.2) is 5.17 Å². The van der Waals surface area contributed by atoms with Crippen molar-refractivity contribution in [2.75, 3.05) is 7.11 Å². The number of carbonyl (C=O) groups is 2. The summed E-state index contributed by atoms with van der Waals surface area (Å²) in [5.74, 6) is -0.767. The van der Waals surface area contributed by atoms with Crippen molar-refractivity contribution in [3.05, 3.63) is 28.2 Å². The first-order chi connectivity index (χ1) is 10.5. The lowest BCUT2D eigenvalue weighted by Crippen LogP contribution is -2.26. The van der Waals surface area contributed by atoms with Crippen LogP contribution in [0.2, 0.25) is 0 Å². The molecule has 22 heavy (non-hydrogen) atoms. The molecule has 0 unspecified atom stereocenters. The van der Waals surface area contributed by atoms with Crippen LogP contribution in [0, 0.1) is 0 Å². The molecule has 1 fully saturated rings. The van der Waals surface area contributed by atoms with Gasteiger partial charge >= 0.3 is 5.97 Å².